The Morgan fingerprint density at radius 1 is 1.24 bits per heavy atom. The number of likely N-dealkylation sites (tertiary alicyclic amines) is 1. The lowest BCUT2D eigenvalue weighted by Gasteiger charge is -2.29. The van der Waals surface area contributed by atoms with Crippen LogP contribution in [0.25, 0.3) is 10.8 Å². The van der Waals surface area contributed by atoms with Crippen LogP contribution >= 0.6 is 15.9 Å². The maximum Gasteiger partial charge on any atom is 0.253 e. The number of hydrogen-bond donors (Lipinski definition) is 0. The fraction of sp³-hybridized carbons (Fsp3) is 0.294. The molecule has 1 fully saturated rings. The van der Waals surface area contributed by atoms with E-state index in [2.05, 4.69) is 22.0 Å². The molecule has 21 heavy (non-hydrogen) atoms. The summed E-state index contributed by atoms with van der Waals surface area (Å²) in [4.78, 5) is 14.4. The summed E-state index contributed by atoms with van der Waals surface area (Å²) in [5.74, 6) is -0.00104. The summed E-state index contributed by atoms with van der Waals surface area (Å²) in [5, 5.41) is 11.2. The van der Waals surface area contributed by atoms with Crippen molar-refractivity contribution in [3.8, 4) is 6.07 Å². The predicted octanol–water partition coefficient (Wildman–Crippen LogP) is 3.98. The van der Waals surface area contributed by atoms with Crippen LogP contribution in [-0.4, -0.2) is 23.9 Å². The molecule has 0 bridgehead atoms. The Morgan fingerprint density at radius 2 is 2.00 bits per heavy atom. The van der Waals surface area contributed by atoms with E-state index in [1.807, 2.05) is 36.4 Å². The minimum Gasteiger partial charge on any atom is -0.337 e. The van der Waals surface area contributed by atoms with Gasteiger partial charge in [0.05, 0.1) is 12.0 Å². The highest BCUT2D eigenvalue weighted by Gasteiger charge is 2.24. The fourth-order valence-electron chi connectivity index (χ4n) is 2.80. The van der Waals surface area contributed by atoms with Crippen LogP contribution in [0.5, 0.6) is 0 Å². The van der Waals surface area contributed by atoms with Crippen molar-refractivity contribution in [2.45, 2.75) is 12.8 Å². The van der Waals surface area contributed by atoms with Crippen molar-refractivity contribution < 1.29 is 4.79 Å². The van der Waals surface area contributed by atoms with Crippen molar-refractivity contribution in [3.63, 3.8) is 0 Å². The maximum absolute atomic E-state index is 12.6. The van der Waals surface area contributed by atoms with E-state index in [4.69, 9.17) is 5.26 Å². The zero-order valence-electron chi connectivity index (χ0n) is 11.6. The zero-order chi connectivity index (χ0) is 14.8. The van der Waals surface area contributed by atoms with Crippen LogP contribution in [0.3, 0.4) is 0 Å². The van der Waals surface area contributed by atoms with Gasteiger partial charge < -0.3 is 4.90 Å². The van der Waals surface area contributed by atoms with Crippen LogP contribution in [0.1, 0.15) is 23.2 Å². The molecular formula is C17H15BrN2O. The summed E-state index contributed by atoms with van der Waals surface area (Å²) in [5.41, 5.74) is 0.698. The first-order valence-corrected chi connectivity index (χ1v) is 7.85. The zero-order valence-corrected chi connectivity index (χ0v) is 13.1. The Balaban J connectivity index is 1.87. The molecule has 0 spiro atoms. The monoisotopic (exact) mass is 342 g/mol. The van der Waals surface area contributed by atoms with E-state index in [-0.39, 0.29) is 11.8 Å². The van der Waals surface area contributed by atoms with Gasteiger partial charge in [-0.05, 0) is 47.9 Å². The van der Waals surface area contributed by atoms with Crippen LogP contribution in [0.2, 0.25) is 0 Å². The lowest BCUT2D eigenvalue weighted by atomic mass is 9.98. The molecular weight excluding hydrogens is 328 g/mol. The van der Waals surface area contributed by atoms with Crippen molar-refractivity contribution in [3.05, 3.63) is 46.4 Å². The van der Waals surface area contributed by atoms with E-state index in [1.54, 1.807) is 4.90 Å². The molecule has 3 rings (SSSR count). The van der Waals surface area contributed by atoms with Crippen molar-refractivity contribution in [2.24, 2.45) is 5.92 Å². The lowest BCUT2D eigenvalue weighted by molar-refractivity contribution is 0.0699. The topological polar surface area (TPSA) is 44.1 Å². The minimum atomic E-state index is -0.0286. The quantitative estimate of drug-likeness (QED) is 0.786. The standard InChI is InChI=1S/C17H15BrN2O/c18-16-6-5-13-8-15(4-3-14(13)9-16)17(21)20-7-1-2-12(10-19)11-20/h3-6,8-9,12H,1-2,7,11H2. The lowest BCUT2D eigenvalue weighted by Crippen LogP contribution is -2.39. The first kappa shape index (κ1) is 14.1. The number of benzene rings is 2. The second-order valence-electron chi connectivity index (χ2n) is 5.43. The van der Waals surface area contributed by atoms with Gasteiger partial charge in [-0.2, -0.15) is 5.26 Å². The van der Waals surface area contributed by atoms with E-state index in [0.717, 1.165) is 34.6 Å². The molecule has 2 aromatic rings. The van der Waals surface area contributed by atoms with Gasteiger partial charge in [-0.25, -0.2) is 0 Å². The second kappa shape index (κ2) is 5.87. The van der Waals surface area contributed by atoms with Gasteiger partial charge in [-0.1, -0.05) is 28.1 Å². The highest BCUT2D eigenvalue weighted by Crippen LogP contribution is 2.23. The number of piperidine rings is 1. The Kier molecular flexibility index (Phi) is 3.94. The fourth-order valence-corrected chi connectivity index (χ4v) is 3.18. The molecule has 1 atom stereocenters. The molecule has 0 saturated carbocycles. The van der Waals surface area contributed by atoms with Gasteiger partial charge in [-0.15, -0.1) is 0 Å². The van der Waals surface area contributed by atoms with Gasteiger partial charge in [0.15, 0.2) is 0 Å². The molecule has 0 aromatic heterocycles. The van der Waals surface area contributed by atoms with Crippen LogP contribution in [0.4, 0.5) is 0 Å². The Labute approximate surface area is 132 Å². The molecule has 2 aromatic carbocycles. The van der Waals surface area contributed by atoms with Crippen LogP contribution in [-0.2, 0) is 0 Å². The molecule has 1 heterocycles. The molecule has 4 heteroatoms. The van der Waals surface area contributed by atoms with Crippen LogP contribution in [0, 0.1) is 17.2 Å². The summed E-state index contributed by atoms with van der Waals surface area (Å²) in [6.07, 6.45) is 1.80. The van der Waals surface area contributed by atoms with Crippen LogP contribution in [0.15, 0.2) is 40.9 Å². The van der Waals surface area contributed by atoms with Gasteiger partial charge in [-0.3, -0.25) is 4.79 Å². The Bertz CT molecular complexity index is 735. The van der Waals surface area contributed by atoms with E-state index >= 15 is 0 Å². The molecule has 3 nitrogen and oxygen atoms in total. The van der Waals surface area contributed by atoms with E-state index in [9.17, 15) is 4.79 Å². The molecule has 0 aliphatic carbocycles. The summed E-state index contributed by atoms with van der Waals surface area (Å²) in [6, 6.07) is 14.1. The predicted molar refractivity (Wildman–Crippen MR) is 85.9 cm³/mol. The third-order valence-corrected chi connectivity index (χ3v) is 4.43. The summed E-state index contributed by atoms with van der Waals surface area (Å²) in [6.45, 7) is 1.29. The smallest absolute Gasteiger partial charge is 0.253 e. The van der Waals surface area contributed by atoms with Crippen molar-refractivity contribution in [1.29, 1.82) is 5.26 Å². The first-order valence-electron chi connectivity index (χ1n) is 7.05. The molecule has 1 amide bonds. The van der Waals surface area contributed by atoms with E-state index in [0.29, 0.717) is 12.1 Å². The summed E-state index contributed by atoms with van der Waals surface area (Å²) in [7, 11) is 0. The van der Waals surface area contributed by atoms with Gasteiger partial charge in [0, 0.05) is 23.1 Å². The average molecular weight is 343 g/mol. The largest absolute Gasteiger partial charge is 0.337 e. The molecule has 0 radical (unpaired) electrons. The average Bonchev–Trinajstić information content (AvgIpc) is 2.53. The maximum atomic E-state index is 12.6. The normalized spacial score (nSPS) is 18.5. The van der Waals surface area contributed by atoms with Gasteiger partial charge in [0.2, 0.25) is 0 Å². The van der Waals surface area contributed by atoms with E-state index in [1.165, 1.54) is 0 Å². The minimum absolute atomic E-state index is 0.0276. The number of amides is 1. The second-order valence-corrected chi connectivity index (χ2v) is 6.34. The van der Waals surface area contributed by atoms with Crippen molar-refractivity contribution in [2.75, 3.05) is 13.1 Å². The van der Waals surface area contributed by atoms with Gasteiger partial charge >= 0.3 is 0 Å². The van der Waals surface area contributed by atoms with Gasteiger partial charge in [0.1, 0.15) is 0 Å². The summed E-state index contributed by atoms with van der Waals surface area (Å²) >= 11 is 3.45. The highest BCUT2D eigenvalue weighted by atomic mass is 79.9. The van der Waals surface area contributed by atoms with Gasteiger partial charge in [0.25, 0.3) is 5.91 Å². The third-order valence-electron chi connectivity index (χ3n) is 3.94. The molecule has 1 unspecified atom stereocenters. The molecule has 0 N–H and O–H groups in total. The first-order chi connectivity index (χ1) is 10.2. The number of nitrogens with zero attached hydrogens (tertiary/aromatic N) is 2. The number of halogens is 1. The number of hydrogen-bond acceptors (Lipinski definition) is 2. The molecule has 106 valence electrons. The Morgan fingerprint density at radius 3 is 2.81 bits per heavy atom. The molecule has 1 aliphatic rings. The van der Waals surface area contributed by atoms with Crippen molar-refractivity contribution >= 4 is 32.6 Å². The number of carbonyl (C=O) groups excluding carboxylic acids is 1. The number of rotatable bonds is 1. The third kappa shape index (κ3) is 2.93. The molecule has 1 aliphatic heterocycles. The highest BCUT2D eigenvalue weighted by molar-refractivity contribution is 9.10. The number of carbonyl (C=O) groups is 1. The summed E-state index contributed by atoms with van der Waals surface area (Å²) < 4.78 is 1.03. The number of fused-ring (bicyclic) bond motifs is 1. The van der Waals surface area contributed by atoms with Crippen LogP contribution < -0.4 is 0 Å². The van der Waals surface area contributed by atoms with Crippen molar-refractivity contribution in [1.82, 2.24) is 4.90 Å². The number of nitriles is 1. The Hall–Kier alpha value is -1.86. The van der Waals surface area contributed by atoms with E-state index < -0.39 is 0 Å². The SMILES string of the molecule is N#CC1CCCN(C(=O)c2ccc3cc(Br)ccc3c2)C1. The molecule has 1 saturated heterocycles.